The molecule has 2 aromatic rings. The molecule has 0 spiro atoms. The van der Waals surface area contributed by atoms with Crippen LogP contribution in [0.25, 0.3) is 11.1 Å². The molecule has 2 N–H and O–H groups in total. The number of hydrogen-bond donors (Lipinski definition) is 2. The highest BCUT2D eigenvalue weighted by molar-refractivity contribution is 7.85. The lowest BCUT2D eigenvalue weighted by Crippen LogP contribution is -2.32. The monoisotopic (exact) mass is 428 g/mol. The number of nitrogens with zero attached hydrogens (tertiary/aromatic N) is 1. The number of benzene rings is 2. The van der Waals surface area contributed by atoms with E-state index in [1.165, 1.54) is 43.3 Å². The van der Waals surface area contributed by atoms with Gasteiger partial charge in [-0.1, -0.05) is 6.07 Å². The quantitative estimate of drug-likeness (QED) is 0.683. The van der Waals surface area contributed by atoms with E-state index in [-0.39, 0.29) is 22.4 Å². The predicted octanol–water partition coefficient (Wildman–Crippen LogP) is 2.31. The summed E-state index contributed by atoms with van der Waals surface area (Å²) < 4.78 is 62.2. The minimum atomic E-state index is -4.26. The maximum atomic E-state index is 14.1. The smallest absolute Gasteiger partial charge is 0.409 e. The standard InChI is InChI=1S/C18H18F2N2O6S/c1-22(2)17(23)14-9-11(13-5-4-12(19)10-15(13)20)3-6-16(14)28-18(24)21-7-8-29(25,26)27/h3-6,9-10H,7-8H2,1-2H3,(H,21,24)(H,25,26,27). The molecule has 0 aliphatic rings. The van der Waals surface area contributed by atoms with Crippen molar-refractivity contribution in [1.29, 1.82) is 0 Å². The van der Waals surface area contributed by atoms with Gasteiger partial charge in [-0.05, 0) is 29.8 Å². The number of carbonyl (C=O) groups is 2. The second kappa shape index (κ2) is 8.97. The Hall–Kier alpha value is -3.05. The summed E-state index contributed by atoms with van der Waals surface area (Å²) >= 11 is 0. The number of rotatable bonds is 6. The molecule has 0 unspecified atom stereocenters. The number of halogens is 2. The maximum Gasteiger partial charge on any atom is 0.412 e. The molecule has 2 amide bonds. The molecule has 8 nitrogen and oxygen atoms in total. The van der Waals surface area contributed by atoms with Gasteiger partial charge in [-0.15, -0.1) is 0 Å². The molecular formula is C18H18F2N2O6S. The van der Waals surface area contributed by atoms with Gasteiger partial charge in [0.15, 0.2) is 0 Å². The normalized spacial score (nSPS) is 11.1. The molecular weight excluding hydrogens is 410 g/mol. The van der Waals surface area contributed by atoms with Crippen LogP contribution in [0.4, 0.5) is 13.6 Å². The number of nitrogens with one attached hydrogen (secondary N) is 1. The molecule has 2 rings (SSSR count). The van der Waals surface area contributed by atoms with Crippen LogP contribution in [0.1, 0.15) is 10.4 Å². The molecule has 0 atom stereocenters. The van der Waals surface area contributed by atoms with Crippen molar-refractivity contribution in [2.45, 2.75) is 0 Å². The third-order valence-electron chi connectivity index (χ3n) is 3.69. The Kier molecular flexibility index (Phi) is 6.88. The second-order valence-corrected chi connectivity index (χ2v) is 7.71. The minimum absolute atomic E-state index is 0.0448. The summed E-state index contributed by atoms with van der Waals surface area (Å²) in [7, 11) is -1.34. The SMILES string of the molecule is CN(C)C(=O)c1cc(-c2ccc(F)cc2F)ccc1OC(=O)NCCS(=O)(=O)O. The Morgan fingerprint density at radius 3 is 2.41 bits per heavy atom. The van der Waals surface area contributed by atoms with Gasteiger partial charge < -0.3 is 15.0 Å². The van der Waals surface area contributed by atoms with Crippen LogP contribution in [0.3, 0.4) is 0 Å². The molecule has 0 saturated carbocycles. The zero-order valence-electron chi connectivity index (χ0n) is 15.5. The lowest BCUT2D eigenvalue weighted by Gasteiger charge is -2.16. The Morgan fingerprint density at radius 1 is 1.14 bits per heavy atom. The Morgan fingerprint density at radius 2 is 1.83 bits per heavy atom. The summed E-state index contributed by atoms with van der Waals surface area (Å²) in [6.07, 6.45) is -1.05. The van der Waals surface area contributed by atoms with Gasteiger partial charge in [-0.3, -0.25) is 9.35 Å². The van der Waals surface area contributed by atoms with Crippen LogP contribution in [-0.4, -0.2) is 56.3 Å². The van der Waals surface area contributed by atoms with E-state index in [4.69, 9.17) is 9.29 Å². The molecule has 0 saturated heterocycles. The average molecular weight is 428 g/mol. The third-order valence-corrected chi connectivity index (χ3v) is 4.41. The highest BCUT2D eigenvalue weighted by Crippen LogP contribution is 2.29. The van der Waals surface area contributed by atoms with Crippen molar-refractivity contribution in [3.63, 3.8) is 0 Å². The van der Waals surface area contributed by atoms with Gasteiger partial charge in [0.2, 0.25) is 0 Å². The molecule has 0 fully saturated rings. The number of amides is 2. The van der Waals surface area contributed by atoms with Crippen LogP contribution in [0, 0.1) is 11.6 Å². The van der Waals surface area contributed by atoms with E-state index in [0.717, 1.165) is 6.07 Å². The van der Waals surface area contributed by atoms with E-state index in [0.29, 0.717) is 6.07 Å². The van der Waals surface area contributed by atoms with Gasteiger partial charge in [0, 0.05) is 32.3 Å². The van der Waals surface area contributed by atoms with Crippen LogP contribution >= 0.6 is 0 Å². The summed E-state index contributed by atoms with van der Waals surface area (Å²) in [6, 6.07) is 6.92. The van der Waals surface area contributed by atoms with Crippen molar-refractivity contribution in [1.82, 2.24) is 10.2 Å². The first-order valence-electron chi connectivity index (χ1n) is 8.20. The van der Waals surface area contributed by atoms with Crippen molar-refractivity contribution < 1.29 is 36.1 Å². The zero-order valence-corrected chi connectivity index (χ0v) is 16.3. The molecule has 0 bridgehead atoms. The lowest BCUT2D eigenvalue weighted by molar-refractivity contribution is 0.0825. The average Bonchev–Trinajstić information content (AvgIpc) is 2.60. The van der Waals surface area contributed by atoms with Gasteiger partial charge in [-0.25, -0.2) is 13.6 Å². The van der Waals surface area contributed by atoms with Crippen molar-refractivity contribution in [2.75, 3.05) is 26.4 Å². The highest BCUT2D eigenvalue weighted by Gasteiger charge is 2.19. The third kappa shape index (κ3) is 6.22. The lowest BCUT2D eigenvalue weighted by atomic mass is 10.0. The maximum absolute atomic E-state index is 14.1. The fourth-order valence-corrected chi connectivity index (χ4v) is 2.70. The molecule has 0 aromatic heterocycles. The summed E-state index contributed by atoms with van der Waals surface area (Å²) in [5, 5.41) is 2.12. The molecule has 11 heteroatoms. The minimum Gasteiger partial charge on any atom is -0.409 e. The summed E-state index contributed by atoms with van der Waals surface area (Å²) in [4.78, 5) is 25.5. The van der Waals surface area contributed by atoms with E-state index < -0.39 is 46.1 Å². The second-order valence-electron chi connectivity index (χ2n) is 6.14. The first-order valence-corrected chi connectivity index (χ1v) is 9.81. The fraction of sp³-hybridized carbons (Fsp3) is 0.222. The van der Waals surface area contributed by atoms with Crippen LogP contribution in [0.5, 0.6) is 5.75 Å². The molecule has 0 heterocycles. The summed E-state index contributed by atoms with van der Waals surface area (Å²) in [6.45, 7) is -0.409. The Bertz CT molecular complexity index is 1040. The van der Waals surface area contributed by atoms with E-state index in [2.05, 4.69) is 5.32 Å². The van der Waals surface area contributed by atoms with Gasteiger partial charge >= 0.3 is 6.09 Å². The first-order chi connectivity index (χ1) is 13.5. The Balaban J connectivity index is 2.32. The first kappa shape index (κ1) is 22.2. The molecule has 0 aliphatic heterocycles. The summed E-state index contributed by atoms with van der Waals surface area (Å²) in [5.74, 6) is -2.99. The molecule has 156 valence electrons. The molecule has 2 aromatic carbocycles. The molecule has 0 aliphatic carbocycles. The van der Waals surface area contributed by atoms with Gasteiger partial charge in [-0.2, -0.15) is 8.42 Å². The van der Waals surface area contributed by atoms with Crippen molar-refractivity contribution in [3.8, 4) is 16.9 Å². The molecule has 29 heavy (non-hydrogen) atoms. The van der Waals surface area contributed by atoms with Crippen molar-refractivity contribution in [3.05, 3.63) is 53.6 Å². The van der Waals surface area contributed by atoms with Crippen molar-refractivity contribution >= 4 is 22.1 Å². The van der Waals surface area contributed by atoms with Crippen LogP contribution in [0.2, 0.25) is 0 Å². The number of hydrogen-bond acceptors (Lipinski definition) is 5. The highest BCUT2D eigenvalue weighted by atomic mass is 32.2. The predicted molar refractivity (Wildman–Crippen MR) is 100 cm³/mol. The van der Waals surface area contributed by atoms with Gasteiger partial charge in [0.1, 0.15) is 17.4 Å². The van der Waals surface area contributed by atoms with E-state index in [1.807, 2.05) is 0 Å². The van der Waals surface area contributed by atoms with E-state index in [1.54, 1.807) is 0 Å². The zero-order chi connectivity index (χ0) is 21.8. The van der Waals surface area contributed by atoms with E-state index >= 15 is 0 Å². The number of carbonyl (C=O) groups excluding carboxylic acids is 2. The van der Waals surface area contributed by atoms with Crippen molar-refractivity contribution in [2.24, 2.45) is 0 Å². The van der Waals surface area contributed by atoms with Crippen LogP contribution in [0.15, 0.2) is 36.4 Å². The summed E-state index contributed by atoms with van der Waals surface area (Å²) in [5.41, 5.74) is 0.233. The largest absolute Gasteiger partial charge is 0.412 e. The van der Waals surface area contributed by atoms with E-state index in [9.17, 15) is 26.8 Å². The molecule has 0 radical (unpaired) electrons. The topological polar surface area (TPSA) is 113 Å². The van der Waals surface area contributed by atoms with Crippen LogP contribution in [-0.2, 0) is 10.1 Å². The Labute approximate surface area is 165 Å². The number of ether oxygens (including phenoxy) is 1. The van der Waals surface area contributed by atoms with Gasteiger partial charge in [0.05, 0.1) is 11.3 Å². The van der Waals surface area contributed by atoms with Crippen LogP contribution < -0.4 is 10.1 Å². The fourth-order valence-electron chi connectivity index (χ4n) is 2.34. The van der Waals surface area contributed by atoms with Gasteiger partial charge in [0.25, 0.3) is 16.0 Å².